The zero-order chi connectivity index (χ0) is 12.1. The van der Waals surface area contributed by atoms with Gasteiger partial charge < -0.3 is 5.32 Å². The molecular formula is C14H21BrN2. The first kappa shape index (κ1) is 12.9. The predicted molar refractivity (Wildman–Crippen MR) is 76.4 cm³/mol. The number of aryl methyl sites for hydroxylation is 1. The van der Waals surface area contributed by atoms with Crippen LogP contribution in [0.2, 0.25) is 0 Å². The summed E-state index contributed by atoms with van der Waals surface area (Å²) >= 11 is 3.45. The average Bonchev–Trinajstić information content (AvgIpc) is 2.25. The van der Waals surface area contributed by atoms with Crippen LogP contribution in [0.4, 0.5) is 5.82 Å². The minimum Gasteiger partial charge on any atom is -0.367 e. The summed E-state index contributed by atoms with van der Waals surface area (Å²) in [6.45, 7) is 2.11. The lowest BCUT2D eigenvalue weighted by molar-refractivity contribution is 0.470. The van der Waals surface area contributed by atoms with Gasteiger partial charge in [0.15, 0.2) is 0 Å². The van der Waals surface area contributed by atoms with Gasteiger partial charge in [0.05, 0.1) is 0 Å². The number of pyridine rings is 1. The molecule has 1 aliphatic carbocycles. The minimum atomic E-state index is 0.614. The van der Waals surface area contributed by atoms with E-state index in [1.54, 1.807) is 0 Å². The van der Waals surface area contributed by atoms with Crippen molar-refractivity contribution in [3.8, 4) is 0 Å². The standard InChI is InChI=1S/C14H21BrN2/c1-11-9-12(15)10-16-14(11)17-13-7-5-3-2-4-6-8-13/h9-10,13H,2-8H2,1H3,(H,16,17). The first-order chi connectivity index (χ1) is 8.25. The summed E-state index contributed by atoms with van der Waals surface area (Å²) in [7, 11) is 0. The molecule has 0 aromatic carbocycles. The zero-order valence-corrected chi connectivity index (χ0v) is 12.1. The van der Waals surface area contributed by atoms with E-state index in [0.29, 0.717) is 6.04 Å². The van der Waals surface area contributed by atoms with E-state index in [0.717, 1.165) is 10.3 Å². The van der Waals surface area contributed by atoms with Crippen molar-refractivity contribution in [3.63, 3.8) is 0 Å². The van der Waals surface area contributed by atoms with E-state index < -0.39 is 0 Å². The van der Waals surface area contributed by atoms with Crippen LogP contribution in [0, 0.1) is 6.92 Å². The third kappa shape index (κ3) is 3.98. The van der Waals surface area contributed by atoms with Gasteiger partial charge >= 0.3 is 0 Å². The van der Waals surface area contributed by atoms with Crippen molar-refractivity contribution in [2.24, 2.45) is 0 Å². The Morgan fingerprint density at radius 2 is 1.82 bits per heavy atom. The Kier molecular flexibility index (Phi) is 4.84. The van der Waals surface area contributed by atoms with Gasteiger partial charge in [0.25, 0.3) is 0 Å². The monoisotopic (exact) mass is 296 g/mol. The molecule has 94 valence electrons. The highest BCUT2D eigenvalue weighted by atomic mass is 79.9. The largest absolute Gasteiger partial charge is 0.367 e. The summed E-state index contributed by atoms with van der Waals surface area (Å²) in [5, 5.41) is 3.61. The Morgan fingerprint density at radius 3 is 2.47 bits per heavy atom. The molecule has 1 saturated carbocycles. The predicted octanol–water partition coefficient (Wildman–Crippen LogP) is 4.68. The van der Waals surface area contributed by atoms with Gasteiger partial charge in [-0.1, -0.05) is 32.1 Å². The van der Waals surface area contributed by atoms with E-state index >= 15 is 0 Å². The van der Waals surface area contributed by atoms with Crippen LogP contribution in [0.3, 0.4) is 0 Å². The van der Waals surface area contributed by atoms with Crippen molar-refractivity contribution in [2.45, 2.75) is 57.9 Å². The Morgan fingerprint density at radius 1 is 1.18 bits per heavy atom. The number of nitrogens with one attached hydrogen (secondary N) is 1. The van der Waals surface area contributed by atoms with Gasteiger partial charge in [0, 0.05) is 16.7 Å². The molecule has 0 saturated heterocycles. The Bertz CT molecular complexity index is 357. The number of halogens is 1. The highest BCUT2D eigenvalue weighted by Crippen LogP contribution is 2.22. The normalized spacial score (nSPS) is 18.5. The third-order valence-corrected chi connectivity index (χ3v) is 3.92. The maximum absolute atomic E-state index is 4.47. The molecule has 3 heteroatoms. The molecule has 0 radical (unpaired) electrons. The molecule has 0 spiro atoms. The third-order valence-electron chi connectivity index (χ3n) is 3.49. The lowest BCUT2D eigenvalue weighted by Gasteiger charge is -2.22. The molecule has 17 heavy (non-hydrogen) atoms. The topological polar surface area (TPSA) is 24.9 Å². The molecule has 1 heterocycles. The molecule has 2 nitrogen and oxygen atoms in total. The fourth-order valence-corrected chi connectivity index (χ4v) is 2.93. The van der Waals surface area contributed by atoms with Gasteiger partial charge in [0.1, 0.15) is 5.82 Å². The molecule has 0 amide bonds. The van der Waals surface area contributed by atoms with Crippen LogP contribution in [-0.2, 0) is 0 Å². The van der Waals surface area contributed by atoms with Crippen molar-refractivity contribution >= 4 is 21.7 Å². The number of hydrogen-bond acceptors (Lipinski definition) is 2. The molecular weight excluding hydrogens is 276 g/mol. The lowest BCUT2D eigenvalue weighted by Crippen LogP contribution is -2.21. The molecule has 1 aromatic rings. The molecule has 2 rings (SSSR count). The summed E-state index contributed by atoms with van der Waals surface area (Å²) in [4.78, 5) is 4.47. The van der Waals surface area contributed by atoms with Crippen LogP contribution in [0.25, 0.3) is 0 Å². The van der Waals surface area contributed by atoms with Gasteiger partial charge in [-0.05, 0) is 47.3 Å². The van der Waals surface area contributed by atoms with Crippen LogP contribution in [0.5, 0.6) is 0 Å². The molecule has 1 aliphatic rings. The summed E-state index contributed by atoms with van der Waals surface area (Å²) in [6.07, 6.45) is 11.4. The van der Waals surface area contributed by atoms with Gasteiger partial charge in [-0.2, -0.15) is 0 Å². The SMILES string of the molecule is Cc1cc(Br)cnc1NC1CCCCCCC1. The lowest BCUT2D eigenvalue weighted by atomic mass is 9.96. The summed E-state index contributed by atoms with van der Waals surface area (Å²) in [5.74, 6) is 1.05. The highest BCUT2D eigenvalue weighted by Gasteiger charge is 2.12. The Hall–Kier alpha value is -0.570. The minimum absolute atomic E-state index is 0.614. The molecule has 0 aliphatic heterocycles. The number of nitrogens with zero attached hydrogens (tertiary/aromatic N) is 1. The first-order valence-electron chi connectivity index (χ1n) is 6.64. The number of aromatic nitrogens is 1. The van der Waals surface area contributed by atoms with Crippen molar-refractivity contribution in [3.05, 3.63) is 22.3 Å². The van der Waals surface area contributed by atoms with E-state index in [-0.39, 0.29) is 0 Å². The maximum atomic E-state index is 4.47. The average molecular weight is 297 g/mol. The van der Waals surface area contributed by atoms with Crippen molar-refractivity contribution in [1.82, 2.24) is 4.98 Å². The number of anilines is 1. The van der Waals surface area contributed by atoms with E-state index in [1.165, 1.54) is 50.5 Å². The van der Waals surface area contributed by atoms with Crippen molar-refractivity contribution in [2.75, 3.05) is 5.32 Å². The summed E-state index contributed by atoms with van der Waals surface area (Å²) < 4.78 is 1.05. The zero-order valence-electron chi connectivity index (χ0n) is 10.5. The van der Waals surface area contributed by atoms with Crippen molar-refractivity contribution in [1.29, 1.82) is 0 Å². The van der Waals surface area contributed by atoms with Gasteiger partial charge in [-0.15, -0.1) is 0 Å². The Labute approximate surface area is 112 Å². The smallest absolute Gasteiger partial charge is 0.129 e. The molecule has 1 aromatic heterocycles. The molecule has 1 N–H and O–H groups in total. The molecule has 0 bridgehead atoms. The van der Waals surface area contributed by atoms with Crippen molar-refractivity contribution < 1.29 is 0 Å². The second-order valence-corrected chi connectivity index (χ2v) is 5.92. The van der Waals surface area contributed by atoms with Gasteiger partial charge in [-0.25, -0.2) is 4.98 Å². The Balaban J connectivity index is 1.98. The molecule has 0 unspecified atom stereocenters. The van der Waals surface area contributed by atoms with Crippen LogP contribution < -0.4 is 5.32 Å². The van der Waals surface area contributed by atoms with E-state index in [4.69, 9.17) is 0 Å². The van der Waals surface area contributed by atoms with Gasteiger partial charge in [-0.3, -0.25) is 0 Å². The second-order valence-electron chi connectivity index (χ2n) is 5.01. The maximum Gasteiger partial charge on any atom is 0.129 e. The van der Waals surface area contributed by atoms with E-state index in [2.05, 4.69) is 39.2 Å². The van der Waals surface area contributed by atoms with Crippen LogP contribution in [0.15, 0.2) is 16.7 Å². The fourth-order valence-electron chi connectivity index (χ4n) is 2.49. The highest BCUT2D eigenvalue weighted by molar-refractivity contribution is 9.10. The van der Waals surface area contributed by atoms with Crippen LogP contribution in [0.1, 0.15) is 50.5 Å². The summed E-state index contributed by atoms with van der Waals surface area (Å²) in [5.41, 5.74) is 1.22. The van der Waals surface area contributed by atoms with E-state index in [9.17, 15) is 0 Å². The summed E-state index contributed by atoms with van der Waals surface area (Å²) in [6, 6.07) is 2.74. The first-order valence-corrected chi connectivity index (χ1v) is 7.43. The second kappa shape index (κ2) is 6.39. The number of hydrogen-bond donors (Lipinski definition) is 1. The molecule has 1 fully saturated rings. The van der Waals surface area contributed by atoms with Gasteiger partial charge in [0.2, 0.25) is 0 Å². The van der Waals surface area contributed by atoms with Crippen LogP contribution >= 0.6 is 15.9 Å². The molecule has 0 atom stereocenters. The fraction of sp³-hybridized carbons (Fsp3) is 0.643. The number of rotatable bonds is 2. The quantitative estimate of drug-likeness (QED) is 0.857. The van der Waals surface area contributed by atoms with E-state index in [1.807, 2.05) is 6.20 Å². The van der Waals surface area contributed by atoms with Crippen LogP contribution in [-0.4, -0.2) is 11.0 Å².